The standard InChI is InChI=1S/C15H29NO2S/c1-4-9-16-14(15(17)18-5-2)11-19-13-8-6-7-12(3)10-13/h12-14,16H,4-11H2,1-3H3. The predicted octanol–water partition coefficient (Wildman–Crippen LogP) is 3.23. The summed E-state index contributed by atoms with van der Waals surface area (Å²) in [7, 11) is 0. The number of ether oxygens (including phenoxy) is 1. The Kier molecular flexibility index (Phi) is 8.55. The largest absolute Gasteiger partial charge is 0.465 e. The van der Waals surface area contributed by atoms with E-state index in [2.05, 4.69) is 19.2 Å². The van der Waals surface area contributed by atoms with Crippen LogP contribution in [0.2, 0.25) is 0 Å². The summed E-state index contributed by atoms with van der Waals surface area (Å²) in [6, 6.07) is -0.137. The van der Waals surface area contributed by atoms with Crippen molar-refractivity contribution in [2.45, 2.75) is 64.2 Å². The molecule has 0 radical (unpaired) electrons. The molecule has 1 rings (SSSR count). The molecule has 0 saturated heterocycles. The first-order valence-corrected chi connectivity index (χ1v) is 8.73. The van der Waals surface area contributed by atoms with E-state index < -0.39 is 0 Å². The molecule has 0 aliphatic heterocycles. The molecular formula is C15H29NO2S. The molecule has 0 aromatic carbocycles. The van der Waals surface area contributed by atoms with Crippen LogP contribution in [0.5, 0.6) is 0 Å². The first-order valence-electron chi connectivity index (χ1n) is 7.69. The third kappa shape index (κ3) is 6.66. The molecule has 0 aromatic rings. The zero-order valence-corrected chi connectivity index (χ0v) is 13.4. The molecule has 1 fully saturated rings. The summed E-state index contributed by atoms with van der Waals surface area (Å²) >= 11 is 1.95. The molecule has 3 nitrogen and oxygen atoms in total. The van der Waals surface area contributed by atoms with Crippen LogP contribution < -0.4 is 5.32 Å². The molecule has 3 atom stereocenters. The third-order valence-electron chi connectivity index (χ3n) is 3.60. The van der Waals surface area contributed by atoms with Crippen LogP contribution in [0, 0.1) is 5.92 Å². The van der Waals surface area contributed by atoms with E-state index in [-0.39, 0.29) is 12.0 Å². The molecule has 3 unspecified atom stereocenters. The van der Waals surface area contributed by atoms with Crippen molar-refractivity contribution in [2.24, 2.45) is 5.92 Å². The number of esters is 1. The maximum Gasteiger partial charge on any atom is 0.323 e. The molecule has 0 aromatic heterocycles. The van der Waals surface area contributed by atoms with Crippen molar-refractivity contribution in [1.29, 1.82) is 0 Å². The lowest BCUT2D eigenvalue weighted by Crippen LogP contribution is -2.41. The number of thioether (sulfide) groups is 1. The molecule has 1 aliphatic rings. The summed E-state index contributed by atoms with van der Waals surface area (Å²) in [5.74, 6) is 1.60. The van der Waals surface area contributed by atoms with E-state index in [0.29, 0.717) is 6.61 Å². The fraction of sp³-hybridized carbons (Fsp3) is 0.933. The minimum Gasteiger partial charge on any atom is -0.465 e. The van der Waals surface area contributed by atoms with Gasteiger partial charge in [0.15, 0.2) is 0 Å². The Morgan fingerprint density at radius 1 is 1.42 bits per heavy atom. The zero-order valence-electron chi connectivity index (χ0n) is 12.6. The van der Waals surface area contributed by atoms with E-state index in [9.17, 15) is 4.79 Å². The molecule has 19 heavy (non-hydrogen) atoms. The molecule has 1 saturated carbocycles. The van der Waals surface area contributed by atoms with Gasteiger partial charge in [0.1, 0.15) is 6.04 Å². The van der Waals surface area contributed by atoms with Crippen molar-refractivity contribution in [3.8, 4) is 0 Å². The molecular weight excluding hydrogens is 258 g/mol. The maximum atomic E-state index is 11.9. The van der Waals surface area contributed by atoms with Crippen LogP contribution in [0.4, 0.5) is 0 Å². The Hall–Kier alpha value is -0.220. The number of carbonyl (C=O) groups is 1. The summed E-state index contributed by atoms with van der Waals surface area (Å²) in [4.78, 5) is 11.9. The lowest BCUT2D eigenvalue weighted by Gasteiger charge is -2.27. The highest BCUT2D eigenvalue weighted by Gasteiger charge is 2.24. The highest BCUT2D eigenvalue weighted by Crippen LogP contribution is 2.32. The molecule has 0 amide bonds. The second-order valence-electron chi connectivity index (χ2n) is 5.49. The minimum atomic E-state index is -0.137. The Morgan fingerprint density at radius 2 is 2.21 bits per heavy atom. The van der Waals surface area contributed by atoms with Gasteiger partial charge in [0, 0.05) is 11.0 Å². The second-order valence-corrected chi connectivity index (χ2v) is 6.82. The number of nitrogens with one attached hydrogen (secondary N) is 1. The van der Waals surface area contributed by atoms with E-state index in [1.54, 1.807) is 0 Å². The van der Waals surface area contributed by atoms with Gasteiger partial charge in [0.2, 0.25) is 0 Å². The fourth-order valence-electron chi connectivity index (χ4n) is 2.53. The van der Waals surface area contributed by atoms with Gasteiger partial charge in [-0.15, -0.1) is 0 Å². The van der Waals surface area contributed by atoms with Crippen LogP contribution in [-0.4, -0.2) is 36.2 Å². The van der Waals surface area contributed by atoms with Crippen molar-refractivity contribution in [3.05, 3.63) is 0 Å². The van der Waals surface area contributed by atoms with Crippen molar-refractivity contribution >= 4 is 17.7 Å². The van der Waals surface area contributed by atoms with Crippen LogP contribution in [0.3, 0.4) is 0 Å². The van der Waals surface area contributed by atoms with Gasteiger partial charge in [-0.25, -0.2) is 0 Å². The van der Waals surface area contributed by atoms with E-state index >= 15 is 0 Å². The van der Waals surface area contributed by atoms with Gasteiger partial charge in [0.05, 0.1) is 6.61 Å². The first-order chi connectivity index (χ1) is 9.17. The van der Waals surface area contributed by atoms with Gasteiger partial charge in [-0.05, 0) is 38.6 Å². The van der Waals surface area contributed by atoms with Gasteiger partial charge in [-0.1, -0.05) is 26.7 Å². The highest BCUT2D eigenvalue weighted by molar-refractivity contribution is 7.99. The van der Waals surface area contributed by atoms with Gasteiger partial charge < -0.3 is 10.1 Å². The summed E-state index contributed by atoms with van der Waals surface area (Å²) in [5, 5.41) is 4.04. The van der Waals surface area contributed by atoms with Crippen LogP contribution in [0.15, 0.2) is 0 Å². The Labute approximate surface area is 122 Å². The summed E-state index contributed by atoms with van der Waals surface area (Å²) < 4.78 is 5.15. The molecule has 112 valence electrons. The Morgan fingerprint density at radius 3 is 2.84 bits per heavy atom. The number of rotatable bonds is 8. The topological polar surface area (TPSA) is 38.3 Å². The molecule has 4 heteroatoms. The monoisotopic (exact) mass is 287 g/mol. The highest BCUT2D eigenvalue weighted by atomic mass is 32.2. The molecule has 0 heterocycles. The van der Waals surface area contributed by atoms with Crippen molar-refractivity contribution in [3.63, 3.8) is 0 Å². The number of hydrogen-bond donors (Lipinski definition) is 1. The van der Waals surface area contributed by atoms with Gasteiger partial charge in [-0.2, -0.15) is 11.8 Å². The van der Waals surface area contributed by atoms with Crippen LogP contribution in [0.1, 0.15) is 52.9 Å². The van der Waals surface area contributed by atoms with E-state index in [1.807, 2.05) is 18.7 Å². The fourth-order valence-corrected chi connectivity index (χ4v) is 4.05. The van der Waals surface area contributed by atoms with Crippen molar-refractivity contribution in [1.82, 2.24) is 5.32 Å². The number of carbonyl (C=O) groups excluding carboxylic acids is 1. The normalized spacial score (nSPS) is 25.0. The average molecular weight is 287 g/mol. The SMILES string of the molecule is CCCNC(CSC1CCCC(C)C1)C(=O)OCC. The first kappa shape index (κ1) is 16.8. The van der Waals surface area contributed by atoms with Crippen LogP contribution in [-0.2, 0) is 9.53 Å². The van der Waals surface area contributed by atoms with E-state index in [0.717, 1.165) is 29.9 Å². The molecule has 0 spiro atoms. The Bertz CT molecular complexity index is 261. The van der Waals surface area contributed by atoms with Crippen molar-refractivity contribution in [2.75, 3.05) is 18.9 Å². The van der Waals surface area contributed by atoms with Gasteiger partial charge in [-0.3, -0.25) is 4.79 Å². The van der Waals surface area contributed by atoms with E-state index in [4.69, 9.17) is 4.74 Å². The lowest BCUT2D eigenvalue weighted by molar-refractivity contribution is -0.144. The minimum absolute atomic E-state index is 0.0905. The summed E-state index contributed by atoms with van der Waals surface area (Å²) in [6.45, 7) is 7.67. The smallest absolute Gasteiger partial charge is 0.323 e. The predicted molar refractivity (Wildman–Crippen MR) is 82.6 cm³/mol. The quantitative estimate of drug-likeness (QED) is 0.696. The van der Waals surface area contributed by atoms with E-state index in [1.165, 1.54) is 25.7 Å². The van der Waals surface area contributed by atoms with Gasteiger partial charge >= 0.3 is 5.97 Å². The molecule has 1 N–H and O–H groups in total. The average Bonchev–Trinajstić information content (AvgIpc) is 2.39. The lowest BCUT2D eigenvalue weighted by atomic mass is 9.91. The van der Waals surface area contributed by atoms with Crippen molar-refractivity contribution < 1.29 is 9.53 Å². The Balaban J connectivity index is 2.36. The zero-order chi connectivity index (χ0) is 14.1. The second kappa shape index (κ2) is 9.65. The number of hydrogen-bond acceptors (Lipinski definition) is 4. The molecule has 0 bridgehead atoms. The van der Waals surface area contributed by atoms with Gasteiger partial charge in [0.25, 0.3) is 0 Å². The summed E-state index contributed by atoms with van der Waals surface area (Å²) in [6.07, 6.45) is 6.35. The maximum absolute atomic E-state index is 11.9. The molecule has 1 aliphatic carbocycles. The third-order valence-corrected chi connectivity index (χ3v) is 5.02. The summed E-state index contributed by atoms with van der Waals surface area (Å²) in [5.41, 5.74) is 0. The van der Waals surface area contributed by atoms with Crippen LogP contribution in [0.25, 0.3) is 0 Å². The van der Waals surface area contributed by atoms with Crippen LogP contribution >= 0.6 is 11.8 Å².